The first-order chi connectivity index (χ1) is 9.72. The number of nitrogens with one attached hydrogen (secondary N) is 1. The Kier molecular flexibility index (Phi) is 5.23. The summed E-state index contributed by atoms with van der Waals surface area (Å²) >= 11 is 26.6. The Hall–Kier alpha value is -0.310. The van der Waals surface area contributed by atoms with Crippen molar-refractivity contribution in [1.82, 2.24) is 9.97 Å². The molecule has 112 valence electrons. The van der Waals surface area contributed by atoms with Gasteiger partial charge >= 0.3 is 0 Å². The molecular formula is C10H4BrCl4N3O2S. The van der Waals surface area contributed by atoms with Crippen molar-refractivity contribution in [1.29, 1.82) is 0 Å². The van der Waals surface area contributed by atoms with Crippen molar-refractivity contribution in [3.8, 4) is 0 Å². The zero-order chi connectivity index (χ0) is 15.8. The molecule has 0 saturated carbocycles. The summed E-state index contributed by atoms with van der Waals surface area (Å²) in [6.07, 6.45) is 1.07. The van der Waals surface area contributed by atoms with Crippen molar-refractivity contribution >= 4 is 78.2 Å². The summed E-state index contributed by atoms with van der Waals surface area (Å²) < 4.78 is 27.4. The molecule has 1 N–H and O–H groups in total. The average Bonchev–Trinajstić information content (AvgIpc) is 2.33. The fraction of sp³-hybridized carbons (Fsp3) is 0. The van der Waals surface area contributed by atoms with Crippen molar-refractivity contribution in [3.05, 3.63) is 43.2 Å². The number of nitrogens with zero attached hydrogens (tertiary/aromatic N) is 2. The number of hydrogen-bond acceptors (Lipinski definition) is 4. The predicted octanol–water partition coefficient (Wildman–Crippen LogP) is 4.65. The number of aromatic nitrogens is 2. The van der Waals surface area contributed by atoms with E-state index < -0.39 is 10.0 Å². The van der Waals surface area contributed by atoms with Crippen molar-refractivity contribution in [2.45, 2.75) is 4.90 Å². The first-order valence-electron chi connectivity index (χ1n) is 5.05. The molecule has 2 rings (SSSR count). The molecule has 0 atom stereocenters. The number of sulfonamides is 1. The van der Waals surface area contributed by atoms with Crippen molar-refractivity contribution < 1.29 is 8.42 Å². The van der Waals surface area contributed by atoms with Crippen LogP contribution in [0.4, 0.5) is 5.82 Å². The van der Waals surface area contributed by atoms with Crippen LogP contribution >= 0.6 is 62.3 Å². The highest BCUT2D eigenvalue weighted by molar-refractivity contribution is 9.10. The Bertz CT molecular complexity index is 793. The van der Waals surface area contributed by atoms with E-state index in [0.29, 0.717) is 4.47 Å². The highest BCUT2D eigenvalue weighted by atomic mass is 79.9. The van der Waals surface area contributed by atoms with E-state index in [4.69, 9.17) is 46.4 Å². The Labute approximate surface area is 148 Å². The second-order valence-electron chi connectivity index (χ2n) is 3.63. The molecule has 2 aromatic rings. The smallest absolute Gasteiger partial charge is 0.262 e. The molecule has 1 aromatic carbocycles. The lowest BCUT2D eigenvalue weighted by Gasteiger charge is -2.11. The molecule has 0 aliphatic rings. The van der Waals surface area contributed by atoms with E-state index in [1.54, 1.807) is 0 Å². The minimum absolute atomic E-state index is 0.0573. The molecule has 0 bridgehead atoms. The van der Waals surface area contributed by atoms with Crippen LogP contribution in [-0.2, 0) is 10.0 Å². The first-order valence-corrected chi connectivity index (χ1v) is 8.84. The van der Waals surface area contributed by atoms with Crippen molar-refractivity contribution in [3.63, 3.8) is 0 Å². The maximum atomic E-state index is 12.4. The minimum Gasteiger partial charge on any atom is -0.262 e. The Morgan fingerprint density at radius 1 is 1.05 bits per heavy atom. The fourth-order valence-electron chi connectivity index (χ4n) is 1.38. The third-order valence-electron chi connectivity index (χ3n) is 2.21. The molecule has 0 amide bonds. The van der Waals surface area contributed by atoms with E-state index in [1.165, 1.54) is 12.1 Å². The summed E-state index contributed by atoms with van der Waals surface area (Å²) in [5, 5.41) is -0.333. The van der Waals surface area contributed by atoms with Gasteiger partial charge in [-0.1, -0.05) is 62.3 Å². The Morgan fingerprint density at radius 3 is 2.19 bits per heavy atom. The number of halogens is 5. The maximum absolute atomic E-state index is 12.4. The first kappa shape index (κ1) is 17.1. The summed E-state index contributed by atoms with van der Waals surface area (Å²) in [4.78, 5) is 7.04. The van der Waals surface area contributed by atoms with Gasteiger partial charge in [-0.25, -0.2) is 18.4 Å². The summed E-state index contributed by atoms with van der Waals surface area (Å²) in [6, 6.07) is 2.80. The van der Waals surface area contributed by atoms with Crippen LogP contribution in [0.2, 0.25) is 20.2 Å². The predicted molar refractivity (Wildman–Crippen MR) is 87.0 cm³/mol. The molecule has 1 aromatic heterocycles. The highest BCUT2D eigenvalue weighted by Gasteiger charge is 2.24. The molecule has 5 nitrogen and oxygen atoms in total. The monoisotopic (exact) mass is 449 g/mol. The summed E-state index contributed by atoms with van der Waals surface area (Å²) in [5.41, 5.74) is 0. The zero-order valence-electron chi connectivity index (χ0n) is 9.74. The molecule has 0 aliphatic carbocycles. The summed E-state index contributed by atoms with van der Waals surface area (Å²) in [5.74, 6) is -0.174. The Morgan fingerprint density at radius 2 is 1.62 bits per heavy atom. The number of hydrogen-bond donors (Lipinski definition) is 1. The van der Waals surface area contributed by atoms with Gasteiger partial charge in [0.25, 0.3) is 10.0 Å². The van der Waals surface area contributed by atoms with Crippen LogP contribution in [0.25, 0.3) is 0 Å². The number of rotatable bonds is 3. The number of benzene rings is 1. The van der Waals surface area contributed by atoms with Crippen LogP contribution in [-0.4, -0.2) is 18.4 Å². The third kappa shape index (κ3) is 3.72. The van der Waals surface area contributed by atoms with Crippen LogP contribution < -0.4 is 4.72 Å². The molecule has 1 heterocycles. The largest absolute Gasteiger partial charge is 0.266 e. The highest BCUT2D eigenvalue weighted by Crippen LogP contribution is 2.35. The lowest BCUT2D eigenvalue weighted by molar-refractivity contribution is 0.601. The molecule has 0 fully saturated rings. The van der Waals surface area contributed by atoms with Gasteiger partial charge in [-0.2, -0.15) is 0 Å². The van der Waals surface area contributed by atoms with E-state index in [-0.39, 0.29) is 30.9 Å². The minimum atomic E-state index is -4.10. The molecule has 0 saturated heterocycles. The summed E-state index contributed by atoms with van der Waals surface area (Å²) in [7, 11) is -4.10. The van der Waals surface area contributed by atoms with Crippen LogP contribution in [0.3, 0.4) is 0 Å². The van der Waals surface area contributed by atoms with Gasteiger partial charge in [0.1, 0.15) is 16.2 Å². The van der Waals surface area contributed by atoms with Crippen LogP contribution in [0.1, 0.15) is 0 Å². The van der Waals surface area contributed by atoms with E-state index in [2.05, 4.69) is 30.6 Å². The molecule has 0 radical (unpaired) electrons. The van der Waals surface area contributed by atoms with Gasteiger partial charge in [-0.3, -0.25) is 4.72 Å². The third-order valence-corrected chi connectivity index (χ3v) is 5.67. The fourth-order valence-corrected chi connectivity index (χ4v) is 4.68. The van der Waals surface area contributed by atoms with Crippen LogP contribution in [0, 0.1) is 0 Å². The maximum Gasteiger partial charge on any atom is 0.266 e. The van der Waals surface area contributed by atoms with Gasteiger partial charge < -0.3 is 0 Å². The van der Waals surface area contributed by atoms with Crippen molar-refractivity contribution in [2.75, 3.05) is 4.72 Å². The van der Waals surface area contributed by atoms with E-state index in [1.807, 2.05) is 0 Å². The molecular weight excluding hydrogens is 448 g/mol. The van der Waals surface area contributed by atoms with Crippen LogP contribution in [0.5, 0.6) is 0 Å². The van der Waals surface area contributed by atoms with Gasteiger partial charge in [-0.05, 0) is 12.1 Å². The van der Waals surface area contributed by atoms with Gasteiger partial charge in [0.15, 0.2) is 11.0 Å². The zero-order valence-corrected chi connectivity index (χ0v) is 15.2. The van der Waals surface area contributed by atoms with E-state index in [0.717, 1.165) is 6.33 Å². The lowest BCUT2D eigenvalue weighted by atomic mass is 10.4. The van der Waals surface area contributed by atoms with Gasteiger partial charge in [0, 0.05) is 4.47 Å². The normalized spacial score (nSPS) is 11.5. The van der Waals surface area contributed by atoms with Crippen LogP contribution in [0.15, 0.2) is 27.8 Å². The SMILES string of the molecule is O=S(=O)(Nc1ncnc(Cl)c1Cl)c1c(Cl)cc(Br)cc1Cl. The molecule has 0 unspecified atom stereocenters. The molecule has 21 heavy (non-hydrogen) atoms. The van der Waals surface area contributed by atoms with E-state index in [9.17, 15) is 8.42 Å². The quantitative estimate of drug-likeness (QED) is 0.689. The second kappa shape index (κ2) is 6.44. The standard InChI is InChI=1S/C10H4BrCl4N3O2S/c11-4-1-5(12)8(6(13)2-4)21(19,20)18-10-7(14)9(15)16-3-17-10/h1-3H,(H,16,17,18). The molecule has 0 spiro atoms. The topological polar surface area (TPSA) is 72.0 Å². The van der Waals surface area contributed by atoms with Gasteiger partial charge in [0.2, 0.25) is 0 Å². The average molecular weight is 452 g/mol. The lowest BCUT2D eigenvalue weighted by Crippen LogP contribution is -2.15. The van der Waals surface area contributed by atoms with Crippen molar-refractivity contribution in [2.24, 2.45) is 0 Å². The molecule has 11 heteroatoms. The Balaban J connectivity index is 2.51. The van der Waals surface area contributed by atoms with Gasteiger partial charge in [-0.15, -0.1) is 0 Å². The second-order valence-corrected chi connectivity index (χ2v) is 7.72. The molecule has 0 aliphatic heterocycles. The number of anilines is 1. The van der Waals surface area contributed by atoms with E-state index >= 15 is 0 Å². The van der Waals surface area contributed by atoms with Gasteiger partial charge in [0.05, 0.1) is 10.0 Å². The summed E-state index contributed by atoms with van der Waals surface area (Å²) in [6.45, 7) is 0.